The zero-order chi connectivity index (χ0) is 28.7. The van der Waals surface area contributed by atoms with E-state index in [1.54, 1.807) is 29.2 Å². The molecule has 2 saturated heterocycles. The zero-order valence-corrected chi connectivity index (χ0v) is 22.5. The lowest BCUT2D eigenvalue weighted by atomic mass is 10.0. The van der Waals surface area contributed by atoms with Crippen molar-refractivity contribution in [3.8, 4) is 16.9 Å². The van der Waals surface area contributed by atoms with E-state index in [0.29, 0.717) is 57.3 Å². The number of carbonyl (C=O) groups is 1. The molecule has 0 radical (unpaired) electrons. The van der Waals surface area contributed by atoms with E-state index in [9.17, 15) is 23.5 Å². The highest BCUT2D eigenvalue weighted by Crippen LogP contribution is 2.36. The van der Waals surface area contributed by atoms with Gasteiger partial charge in [0.05, 0.1) is 36.3 Å². The molecule has 10 nitrogen and oxygen atoms in total. The fourth-order valence-electron chi connectivity index (χ4n) is 5.38. The van der Waals surface area contributed by atoms with Crippen molar-refractivity contribution in [2.24, 2.45) is 0 Å². The molecule has 2 atom stereocenters. The minimum Gasteiger partial charge on any atom is -0.490 e. The molecule has 13 heteroatoms. The van der Waals surface area contributed by atoms with Crippen LogP contribution in [-0.2, 0) is 17.7 Å². The number of piperidine rings is 1. The van der Waals surface area contributed by atoms with Crippen molar-refractivity contribution in [2.45, 2.75) is 44.5 Å². The highest BCUT2D eigenvalue weighted by Gasteiger charge is 2.39. The molecule has 0 saturated carbocycles. The molecule has 0 aliphatic carbocycles. The lowest BCUT2D eigenvalue weighted by Gasteiger charge is -2.33. The van der Waals surface area contributed by atoms with Crippen molar-refractivity contribution in [3.05, 3.63) is 75.6 Å². The molecule has 4 heterocycles. The van der Waals surface area contributed by atoms with Crippen LogP contribution in [0.1, 0.15) is 30.8 Å². The Kier molecular flexibility index (Phi) is 7.35. The Balaban J connectivity index is 1.44. The maximum atomic E-state index is 13.9. The summed E-state index contributed by atoms with van der Waals surface area (Å²) >= 11 is 6.02. The van der Waals surface area contributed by atoms with Crippen LogP contribution in [0.2, 0.25) is 5.02 Å². The van der Waals surface area contributed by atoms with Gasteiger partial charge in [0.1, 0.15) is 24.3 Å². The lowest BCUT2D eigenvalue weighted by molar-refractivity contribution is 0.0566. The smallest absolute Gasteiger partial charge is 0.410 e. The fraction of sp³-hybridized carbons (Fsp3) is 0.357. The molecular formula is C28H26ClF2N5O5. The maximum absolute atomic E-state index is 13.9. The summed E-state index contributed by atoms with van der Waals surface area (Å²) in [5.41, 5.74) is 1.64. The molecule has 2 aliphatic rings. The second kappa shape index (κ2) is 11.1. The van der Waals surface area contributed by atoms with Crippen molar-refractivity contribution < 1.29 is 28.2 Å². The average Bonchev–Trinajstić information content (AvgIpc) is 3.59. The van der Waals surface area contributed by atoms with E-state index in [1.807, 2.05) is 12.1 Å². The number of hydrogen-bond donors (Lipinski definition) is 1. The summed E-state index contributed by atoms with van der Waals surface area (Å²) in [6.07, 6.45) is 3.07. The minimum atomic E-state index is -2.83. The number of amides is 1. The van der Waals surface area contributed by atoms with Gasteiger partial charge in [0.2, 0.25) is 0 Å². The van der Waals surface area contributed by atoms with Gasteiger partial charge in [-0.3, -0.25) is 9.36 Å². The summed E-state index contributed by atoms with van der Waals surface area (Å²) in [6.45, 7) is -2.11. The number of benzene rings is 2. The summed E-state index contributed by atoms with van der Waals surface area (Å²) < 4.78 is 40.3. The molecule has 2 aliphatic heterocycles. The number of aliphatic hydroxyl groups excluding tert-OH is 1. The Labute approximate surface area is 237 Å². The Hall–Kier alpha value is -4.03. The number of halogens is 3. The van der Waals surface area contributed by atoms with E-state index in [2.05, 4.69) is 5.10 Å². The SMILES string of the molecule is O=C1OC[C@@H]2C[C@@H](Oc3cc4c(=O)n(Cc5ccc(Cl)cc5)c(CCO)nc4cc3-c3cnn(C(F)F)c3)CCN12. The van der Waals surface area contributed by atoms with Crippen LogP contribution in [0.5, 0.6) is 5.75 Å². The number of aromatic nitrogens is 4. The molecule has 0 unspecified atom stereocenters. The third-order valence-electron chi connectivity index (χ3n) is 7.43. The average molecular weight is 586 g/mol. The number of carbonyl (C=O) groups excluding carboxylic acids is 1. The van der Waals surface area contributed by atoms with Gasteiger partial charge < -0.3 is 19.5 Å². The number of cyclic esters (lactones) is 1. The van der Waals surface area contributed by atoms with Gasteiger partial charge in [-0.1, -0.05) is 23.7 Å². The summed E-state index contributed by atoms with van der Waals surface area (Å²) in [5, 5.41) is 14.3. The zero-order valence-electron chi connectivity index (χ0n) is 21.8. The van der Waals surface area contributed by atoms with E-state index in [-0.39, 0.29) is 55.4 Å². The number of fused-ring (bicyclic) bond motifs is 2. The van der Waals surface area contributed by atoms with Gasteiger partial charge in [-0.2, -0.15) is 13.9 Å². The third-order valence-corrected chi connectivity index (χ3v) is 7.68. The Bertz CT molecular complexity index is 1660. The van der Waals surface area contributed by atoms with Crippen molar-refractivity contribution in [3.63, 3.8) is 0 Å². The molecule has 2 aromatic carbocycles. The minimum absolute atomic E-state index is 0.119. The summed E-state index contributed by atoms with van der Waals surface area (Å²) in [7, 11) is 0. The summed E-state index contributed by atoms with van der Waals surface area (Å²) in [4.78, 5) is 32.2. The molecule has 2 fully saturated rings. The third kappa shape index (κ3) is 5.36. The topological polar surface area (TPSA) is 112 Å². The van der Waals surface area contributed by atoms with Gasteiger partial charge in [-0.25, -0.2) is 14.5 Å². The molecule has 6 rings (SSSR count). The molecule has 4 aromatic rings. The first-order chi connectivity index (χ1) is 19.8. The Morgan fingerprint density at radius 2 is 2.00 bits per heavy atom. The van der Waals surface area contributed by atoms with Gasteiger partial charge in [0.25, 0.3) is 5.56 Å². The number of alkyl halides is 2. The molecular weight excluding hydrogens is 560 g/mol. The first-order valence-corrected chi connectivity index (χ1v) is 13.5. The highest BCUT2D eigenvalue weighted by atomic mass is 35.5. The van der Waals surface area contributed by atoms with Crippen molar-refractivity contribution in [1.29, 1.82) is 0 Å². The molecule has 214 valence electrons. The van der Waals surface area contributed by atoms with Crippen molar-refractivity contribution in [2.75, 3.05) is 19.8 Å². The monoisotopic (exact) mass is 585 g/mol. The van der Waals surface area contributed by atoms with Gasteiger partial charge >= 0.3 is 12.6 Å². The number of ether oxygens (including phenoxy) is 2. The molecule has 0 bridgehead atoms. The summed E-state index contributed by atoms with van der Waals surface area (Å²) in [6, 6.07) is 10.2. The standard InChI is InChI=1S/C28H26ClF2N5O5/c29-18-3-1-16(2-4-18)13-35-25(6-8-37)33-23-10-21(17-12-32-36(14-17)27(30)31)24(11-22(23)26(35)38)41-20-5-7-34-19(9-20)15-40-28(34)39/h1-4,10-12,14,19-20,27,37H,5-9,13,15H2/t19-,20-/m0/s1. The van der Waals surface area contributed by atoms with Crippen molar-refractivity contribution in [1.82, 2.24) is 24.2 Å². The largest absolute Gasteiger partial charge is 0.490 e. The highest BCUT2D eigenvalue weighted by molar-refractivity contribution is 6.30. The second-order valence-electron chi connectivity index (χ2n) is 10.1. The molecule has 1 N–H and O–H groups in total. The number of nitrogens with zero attached hydrogens (tertiary/aromatic N) is 5. The van der Waals surface area contributed by atoms with Gasteiger partial charge in [-0.05, 0) is 29.8 Å². The van der Waals surface area contributed by atoms with E-state index < -0.39 is 6.55 Å². The van der Waals surface area contributed by atoms with Crippen LogP contribution in [0.3, 0.4) is 0 Å². The van der Waals surface area contributed by atoms with Crippen LogP contribution < -0.4 is 10.3 Å². The van der Waals surface area contributed by atoms with Gasteiger partial charge in [0, 0.05) is 48.2 Å². The number of aliphatic hydroxyl groups is 1. The van der Waals surface area contributed by atoms with Crippen LogP contribution >= 0.6 is 11.6 Å². The summed E-state index contributed by atoms with van der Waals surface area (Å²) in [5.74, 6) is 0.697. The predicted molar refractivity (Wildman–Crippen MR) is 145 cm³/mol. The maximum Gasteiger partial charge on any atom is 0.410 e. The fourth-order valence-corrected chi connectivity index (χ4v) is 5.50. The Morgan fingerprint density at radius 1 is 1.20 bits per heavy atom. The number of hydrogen-bond acceptors (Lipinski definition) is 7. The second-order valence-corrected chi connectivity index (χ2v) is 10.5. The molecule has 41 heavy (non-hydrogen) atoms. The van der Waals surface area contributed by atoms with Crippen LogP contribution in [0, 0.1) is 0 Å². The van der Waals surface area contributed by atoms with E-state index in [0.717, 1.165) is 5.56 Å². The first-order valence-electron chi connectivity index (χ1n) is 13.2. The van der Waals surface area contributed by atoms with Crippen LogP contribution in [0.15, 0.2) is 53.6 Å². The molecule has 1 amide bonds. The van der Waals surface area contributed by atoms with Gasteiger partial charge in [0.15, 0.2) is 0 Å². The lowest BCUT2D eigenvalue weighted by Crippen LogP contribution is -2.44. The number of rotatable bonds is 8. The predicted octanol–water partition coefficient (Wildman–Crippen LogP) is 4.25. The van der Waals surface area contributed by atoms with Crippen LogP contribution in [0.25, 0.3) is 22.0 Å². The Morgan fingerprint density at radius 3 is 2.73 bits per heavy atom. The van der Waals surface area contributed by atoms with Crippen molar-refractivity contribution >= 4 is 28.6 Å². The van der Waals surface area contributed by atoms with Crippen LogP contribution in [0.4, 0.5) is 13.6 Å². The van der Waals surface area contributed by atoms with E-state index in [4.69, 9.17) is 26.1 Å². The quantitative estimate of drug-likeness (QED) is 0.329. The van der Waals surface area contributed by atoms with E-state index >= 15 is 0 Å². The van der Waals surface area contributed by atoms with E-state index in [1.165, 1.54) is 17.0 Å². The first kappa shape index (κ1) is 27.2. The normalized spacial score (nSPS) is 18.7. The van der Waals surface area contributed by atoms with Gasteiger partial charge in [-0.15, -0.1) is 0 Å². The van der Waals surface area contributed by atoms with Crippen LogP contribution in [-0.4, -0.2) is 67.3 Å². The molecule has 2 aromatic heterocycles. The molecule has 0 spiro atoms.